The summed E-state index contributed by atoms with van der Waals surface area (Å²) in [6.45, 7) is 4.89. The van der Waals surface area contributed by atoms with Crippen molar-refractivity contribution in [2.45, 2.75) is 57.4 Å². The summed E-state index contributed by atoms with van der Waals surface area (Å²) in [5.74, 6) is 0.513. The molecule has 178 valence electrons. The van der Waals surface area contributed by atoms with Gasteiger partial charge in [-0.1, -0.05) is 24.3 Å². The molecule has 1 aliphatic carbocycles. The van der Waals surface area contributed by atoms with Crippen molar-refractivity contribution >= 4 is 11.9 Å². The number of hydrogen-bond acceptors (Lipinski definition) is 5. The van der Waals surface area contributed by atoms with Crippen LogP contribution >= 0.6 is 0 Å². The molecule has 0 spiro atoms. The number of carbonyl (C=O) groups is 2. The van der Waals surface area contributed by atoms with E-state index >= 15 is 0 Å². The Morgan fingerprint density at radius 3 is 2.25 bits per heavy atom. The smallest absolute Gasteiger partial charge is 0.305 e. The van der Waals surface area contributed by atoms with E-state index in [1.54, 1.807) is 0 Å². The van der Waals surface area contributed by atoms with Crippen molar-refractivity contribution in [1.82, 2.24) is 14.7 Å². The van der Waals surface area contributed by atoms with Crippen LogP contribution in [0.25, 0.3) is 0 Å². The summed E-state index contributed by atoms with van der Waals surface area (Å²) in [6, 6.07) is 9.50. The number of nitrogens with zero attached hydrogens (tertiary/aromatic N) is 3. The molecule has 6 nitrogen and oxygen atoms in total. The zero-order valence-corrected chi connectivity index (χ0v) is 20.2. The Hall–Kier alpha value is -1.92. The summed E-state index contributed by atoms with van der Waals surface area (Å²) in [5, 5.41) is 0. The Morgan fingerprint density at radius 1 is 1.00 bits per heavy atom. The van der Waals surface area contributed by atoms with Crippen LogP contribution < -0.4 is 0 Å². The molecule has 0 atom stereocenters. The predicted octanol–water partition coefficient (Wildman–Crippen LogP) is 2.99. The Morgan fingerprint density at radius 2 is 1.66 bits per heavy atom. The van der Waals surface area contributed by atoms with Gasteiger partial charge in [0.1, 0.15) is 0 Å². The topological polar surface area (TPSA) is 53.1 Å². The second kappa shape index (κ2) is 12.4. The predicted molar refractivity (Wildman–Crippen MR) is 128 cm³/mol. The van der Waals surface area contributed by atoms with E-state index in [1.807, 2.05) is 0 Å². The second-order valence-corrected chi connectivity index (χ2v) is 9.74. The monoisotopic (exact) mass is 443 g/mol. The van der Waals surface area contributed by atoms with Gasteiger partial charge in [-0.2, -0.15) is 0 Å². The maximum atomic E-state index is 12.9. The molecule has 0 saturated carbocycles. The minimum Gasteiger partial charge on any atom is -0.469 e. The lowest BCUT2D eigenvalue weighted by atomic mass is 9.94. The number of esters is 1. The molecular formula is C26H41N3O3. The highest BCUT2D eigenvalue weighted by atomic mass is 16.5. The lowest BCUT2D eigenvalue weighted by molar-refractivity contribution is -0.141. The Bertz CT molecular complexity index is 719. The van der Waals surface area contributed by atoms with Crippen LogP contribution in [0, 0.1) is 5.92 Å². The molecule has 0 aromatic heterocycles. The van der Waals surface area contributed by atoms with Crippen molar-refractivity contribution in [3.8, 4) is 0 Å². The fraction of sp³-hybridized carbons (Fsp3) is 0.692. The molecule has 0 radical (unpaired) electrons. The van der Waals surface area contributed by atoms with Gasteiger partial charge in [-0.25, -0.2) is 0 Å². The Balaban J connectivity index is 1.46. The second-order valence-electron chi connectivity index (χ2n) is 9.74. The number of amides is 1. The van der Waals surface area contributed by atoms with Gasteiger partial charge in [-0.3, -0.25) is 14.5 Å². The minimum absolute atomic E-state index is 0.182. The van der Waals surface area contributed by atoms with Crippen molar-refractivity contribution in [2.75, 3.05) is 53.9 Å². The molecule has 32 heavy (non-hydrogen) atoms. The van der Waals surface area contributed by atoms with Crippen molar-refractivity contribution in [1.29, 1.82) is 0 Å². The standard InChI is InChI=1S/C26H41N3O3/c1-27(2)14-7-15-29(25(30)10-6-11-26(31)32-3)20-21-12-16-28(17-13-21)24-18-22-8-4-5-9-23(22)19-24/h4-5,8-9,21,24H,6-7,10-20H2,1-3H3. The fourth-order valence-electron chi connectivity index (χ4n) is 5.15. The third kappa shape index (κ3) is 7.31. The molecule has 1 aromatic rings. The average Bonchev–Trinajstić information content (AvgIpc) is 3.22. The van der Waals surface area contributed by atoms with Crippen molar-refractivity contribution < 1.29 is 14.3 Å². The van der Waals surface area contributed by atoms with Gasteiger partial charge < -0.3 is 14.5 Å². The summed E-state index contributed by atoms with van der Waals surface area (Å²) >= 11 is 0. The number of piperidine rings is 1. The van der Waals surface area contributed by atoms with Crippen LogP contribution in [0.5, 0.6) is 0 Å². The molecule has 2 aliphatic rings. The van der Waals surface area contributed by atoms with Crippen LogP contribution in [0.15, 0.2) is 24.3 Å². The van der Waals surface area contributed by atoms with E-state index in [1.165, 1.54) is 31.1 Å². The lowest BCUT2D eigenvalue weighted by Gasteiger charge is -2.38. The van der Waals surface area contributed by atoms with E-state index in [4.69, 9.17) is 4.74 Å². The summed E-state index contributed by atoms with van der Waals surface area (Å²) in [4.78, 5) is 31.2. The van der Waals surface area contributed by atoms with E-state index in [2.05, 4.69) is 53.1 Å². The van der Waals surface area contributed by atoms with Gasteiger partial charge in [0.15, 0.2) is 0 Å². The molecule has 0 bridgehead atoms. The normalized spacial score (nSPS) is 17.5. The molecule has 0 unspecified atom stereocenters. The first-order valence-electron chi connectivity index (χ1n) is 12.3. The Labute approximate surface area is 193 Å². The first-order chi connectivity index (χ1) is 15.5. The number of benzene rings is 1. The van der Waals surface area contributed by atoms with Gasteiger partial charge in [-0.05, 0) is 89.3 Å². The highest BCUT2D eigenvalue weighted by molar-refractivity contribution is 5.77. The number of ether oxygens (including phenoxy) is 1. The third-order valence-electron chi connectivity index (χ3n) is 7.06. The highest BCUT2D eigenvalue weighted by Gasteiger charge is 2.30. The molecule has 6 heteroatoms. The van der Waals surface area contributed by atoms with E-state index in [9.17, 15) is 9.59 Å². The number of rotatable bonds is 11. The summed E-state index contributed by atoms with van der Waals surface area (Å²) < 4.78 is 4.70. The van der Waals surface area contributed by atoms with Crippen LogP contribution in [-0.2, 0) is 27.2 Å². The molecule has 1 amide bonds. The summed E-state index contributed by atoms with van der Waals surface area (Å²) in [6.07, 6.45) is 6.96. The molecule has 1 fully saturated rings. The van der Waals surface area contributed by atoms with Crippen LogP contribution in [0.1, 0.15) is 49.7 Å². The molecule has 0 N–H and O–H groups in total. The van der Waals surface area contributed by atoms with Gasteiger partial charge in [0, 0.05) is 32.0 Å². The molecule has 1 aliphatic heterocycles. The van der Waals surface area contributed by atoms with Gasteiger partial charge >= 0.3 is 5.97 Å². The number of methoxy groups -OCH3 is 1. The molecule has 1 heterocycles. The fourth-order valence-corrected chi connectivity index (χ4v) is 5.15. The van der Waals surface area contributed by atoms with Crippen LogP contribution in [0.3, 0.4) is 0 Å². The van der Waals surface area contributed by atoms with E-state index in [-0.39, 0.29) is 11.9 Å². The first-order valence-corrected chi connectivity index (χ1v) is 12.3. The quantitative estimate of drug-likeness (QED) is 0.492. The maximum absolute atomic E-state index is 12.9. The maximum Gasteiger partial charge on any atom is 0.305 e. The Kier molecular flexibility index (Phi) is 9.54. The van der Waals surface area contributed by atoms with Crippen molar-refractivity contribution in [3.05, 3.63) is 35.4 Å². The van der Waals surface area contributed by atoms with Gasteiger partial charge in [-0.15, -0.1) is 0 Å². The molecule has 1 saturated heterocycles. The molecule has 1 aromatic carbocycles. The van der Waals surface area contributed by atoms with Gasteiger partial charge in [0.2, 0.25) is 5.91 Å². The highest BCUT2D eigenvalue weighted by Crippen LogP contribution is 2.29. The largest absolute Gasteiger partial charge is 0.469 e. The van der Waals surface area contributed by atoms with E-state index < -0.39 is 0 Å². The molecular weight excluding hydrogens is 402 g/mol. The number of likely N-dealkylation sites (tertiary alicyclic amines) is 1. The van der Waals surface area contributed by atoms with E-state index in [0.717, 1.165) is 52.0 Å². The zero-order chi connectivity index (χ0) is 22.9. The first kappa shape index (κ1) is 24.7. The lowest BCUT2D eigenvalue weighted by Crippen LogP contribution is -2.45. The van der Waals surface area contributed by atoms with Crippen LogP contribution in [0.4, 0.5) is 0 Å². The third-order valence-corrected chi connectivity index (χ3v) is 7.06. The van der Waals surface area contributed by atoms with Crippen LogP contribution in [-0.4, -0.2) is 86.5 Å². The number of fused-ring (bicyclic) bond motifs is 1. The number of carbonyl (C=O) groups excluding carboxylic acids is 2. The van der Waals surface area contributed by atoms with Gasteiger partial charge in [0.05, 0.1) is 7.11 Å². The van der Waals surface area contributed by atoms with Crippen molar-refractivity contribution in [2.24, 2.45) is 5.92 Å². The number of hydrogen-bond donors (Lipinski definition) is 0. The average molecular weight is 444 g/mol. The zero-order valence-electron chi connectivity index (χ0n) is 20.2. The van der Waals surface area contributed by atoms with E-state index in [0.29, 0.717) is 31.2 Å². The van der Waals surface area contributed by atoms with Crippen LogP contribution in [0.2, 0.25) is 0 Å². The minimum atomic E-state index is -0.238. The summed E-state index contributed by atoms with van der Waals surface area (Å²) in [7, 11) is 5.54. The molecule has 3 rings (SSSR count). The summed E-state index contributed by atoms with van der Waals surface area (Å²) in [5.41, 5.74) is 3.04. The van der Waals surface area contributed by atoms with Gasteiger partial charge in [0.25, 0.3) is 0 Å². The van der Waals surface area contributed by atoms with Crippen molar-refractivity contribution in [3.63, 3.8) is 0 Å². The SMILES string of the molecule is COC(=O)CCCC(=O)N(CCCN(C)C)CC1CCN(C2Cc3ccccc3C2)CC1.